The molecule has 1 aromatic heterocycles. The van der Waals surface area contributed by atoms with Crippen molar-refractivity contribution in [1.82, 2.24) is 14.8 Å². The van der Waals surface area contributed by atoms with Crippen molar-refractivity contribution >= 4 is 0 Å². The first-order chi connectivity index (χ1) is 8.67. The highest BCUT2D eigenvalue weighted by Gasteiger charge is 2.16. The molecule has 1 heterocycles. The molecule has 0 aliphatic rings. The second-order valence-corrected chi connectivity index (χ2v) is 3.87. The fraction of sp³-hybridized carbons (Fsp3) is 0.333. The van der Waals surface area contributed by atoms with Crippen molar-refractivity contribution in [2.75, 3.05) is 0 Å². The van der Waals surface area contributed by atoms with Crippen LogP contribution >= 0.6 is 0 Å². The highest BCUT2D eigenvalue weighted by Crippen LogP contribution is 2.23. The summed E-state index contributed by atoms with van der Waals surface area (Å²) in [7, 11) is 0. The molecule has 4 nitrogen and oxygen atoms in total. The third-order valence-corrected chi connectivity index (χ3v) is 2.59. The predicted molar refractivity (Wildman–Crippen MR) is 61.6 cm³/mol. The number of nitrogens with zero attached hydrogens (tertiary/aromatic N) is 3. The molecule has 2 rings (SSSR count). The van der Waals surface area contributed by atoms with E-state index in [1.165, 1.54) is 0 Å². The molecule has 96 valence electrons. The number of aliphatic hydroxyl groups excluding tert-OH is 1. The van der Waals surface area contributed by atoms with Crippen LogP contribution in [0.4, 0.5) is 8.78 Å². The molecule has 0 spiro atoms. The second kappa shape index (κ2) is 5.22. The minimum Gasteiger partial charge on any atom is -0.388 e. The molecule has 2 aromatic rings. The van der Waals surface area contributed by atoms with Gasteiger partial charge in [0.15, 0.2) is 11.6 Å². The van der Waals surface area contributed by atoms with E-state index in [1.807, 2.05) is 6.92 Å². The van der Waals surface area contributed by atoms with Gasteiger partial charge in [-0.25, -0.2) is 8.78 Å². The number of aliphatic hydroxyl groups is 1. The van der Waals surface area contributed by atoms with Crippen LogP contribution < -0.4 is 0 Å². The summed E-state index contributed by atoms with van der Waals surface area (Å²) in [6, 6.07) is 3.17. The lowest BCUT2D eigenvalue weighted by atomic mass is 10.2. The minimum atomic E-state index is -0.564. The number of rotatable bonds is 4. The van der Waals surface area contributed by atoms with Crippen LogP contribution in [-0.2, 0) is 13.2 Å². The summed E-state index contributed by atoms with van der Waals surface area (Å²) in [5.74, 6) is -0.526. The van der Waals surface area contributed by atoms with Gasteiger partial charge in [0.25, 0.3) is 0 Å². The molecule has 0 radical (unpaired) electrons. The van der Waals surface area contributed by atoms with Gasteiger partial charge in [0.2, 0.25) is 0 Å². The molecule has 1 aromatic carbocycles. The summed E-state index contributed by atoms with van der Waals surface area (Å²) in [4.78, 5) is 0. The normalized spacial score (nSPS) is 10.9. The molecular formula is C12H13F2N3O. The van der Waals surface area contributed by atoms with Crippen molar-refractivity contribution in [3.05, 3.63) is 35.7 Å². The lowest BCUT2D eigenvalue weighted by molar-refractivity contribution is 0.264. The maximum Gasteiger partial charge on any atom is 0.167 e. The van der Waals surface area contributed by atoms with Crippen molar-refractivity contribution < 1.29 is 13.9 Å². The molecule has 18 heavy (non-hydrogen) atoms. The number of aromatic nitrogens is 3. The highest BCUT2D eigenvalue weighted by molar-refractivity contribution is 5.56. The third kappa shape index (κ3) is 2.24. The number of hydrogen-bond donors (Lipinski definition) is 1. The van der Waals surface area contributed by atoms with Crippen LogP contribution in [0.25, 0.3) is 11.4 Å². The number of halogens is 2. The second-order valence-electron chi connectivity index (χ2n) is 3.87. The summed E-state index contributed by atoms with van der Waals surface area (Å²) in [5, 5.41) is 16.7. The summed E-state index contributed by atoms with van der Waals surface area (Å²) < 4.78 is 28.4. The Hall–Kier alpha value is -1.82. The van der Waals surface area contributed by atoms with Gasteiger partial charge in [0.05, 0.1) is 5.56 Å². The summed E-state index contributed by atoms with van der Waals surface area (Å²) in [5.41, 5.74) is 0.0515. The molecule has 0 aliphatic carbocycles. The fourth-order valence-electron chi connectivity index (χ4n) is 1.78. The van der Waals surface area contributed by atoms with E-state index < -0.39 is 11.6 Å². The number of hydrogen-bond acceptors (Lipinski definition) is 3. The Labute approximate surface area is 103 Å². The monoisotopic (exact) mass is 253 g/mol. The van der Waals surface area contributed by atoms with E-state index in [-0.39, 0.29) is 18.0 Å². The molecule has 0 unspecified atom stereocenters. The SMILES string of the molecule is CCCn1c(CO)nnc1-c1cc(F)ccc1F. The summed E-state index contributed by atoms with van der Waals surface area (Å²) in [6.45, 7) is 2.19. The van der Waals surface area contributed by atoms with Crippen LogP contribution in [0.3, 0.4) is 0 Å². The molecule has 0 saturated carbocycles. The van der Waals surface area contributed by atoms with E-state index >= 15 is 0 Å². The van der Waals surface area contributed by atoms with Crippen LogP contribution in [0.1, 0.15) is 19.2 Å². The van der Waals surface area contributed by atoms with Crippen LogP contribution in [-0.4, -0.2) is 19.9 Å². The smallest absolute Gasteiger partial charge is 0.167 e. The topological polar surface area (TPSA) is 50.9 Å². The Bertz CT molecular complexity index is 554. The first-order valence-corrected chi connectivity index (χ1v) is 5.65. The zero-order chi connectivity index (χ0) is 13.1. The summed E-state index contributed by atoms with van der Waals surface area (Å²) in [6.07, 6.45) is 0.773. The van der Waals surface area contributed by atoms with Crippen LogP contribution in [0.15, 0.2) is 18.2 Å². The zero-order valence-electron chi connectivity index (χ0n) is 9.90. The highest BCUT2D eigenvalue weighted by atomic mass is 19.1. The van der Waals surface area contributed by atoms with Crippen molar-refractivity contribution in [2.45, 2.75) is 26.5 Å². The Kier molecular flexibility index (Phi) is 3.66. The molecule has 0 atom stereocenters. The van der Waals surface area contributed by atoms with Crippen LogP contribution in [0, 0.1) is 11.6 Å². The molecule has 0 fully saturated rings. The van der Waals surface area contributed by atoms with Crippen molar-refractivity contribution in [3.8, 4) is 11.4 Å². The molecule has 0 aliphatic heterocycles. The minimum absolute atomic E-state index is 0.0515. The maximum absolute atomic E-state index is 13.7. The van der Waals surface area contributed by atoms with Crippen molar-refractivity contribution in [2.24, 2.45) is 0 Å². The fourth-order valence-corrected chi connectivity index (χ4v) is 1.78. The van der Waals surface area contributed by atoms with Gasteiger partial charge in [-0.05, 0) is 24.6 Å². The standard InChI is InChI=1S/C12H13F2N3O/c1-2-5-17-11(7-18)15-16-12(17)9-6-8(13)3-4-10(9)14/h3-4,6,18H,2,5,7H2,1H3. The van der Waals surface area contributed by atoms with E-state index in [1.54, 1.807) is 4.57 Å². The van der Waals surface area contributed by atoms with Gasteiger partial charge in [0.1, 0.15) is 18.2 Å². The average Bonchev–Trinajstić information content (AvgIpc) is 2.76. The predicted octanol–water partition coefficient (Wildman–Crippen LogP) is 2.13. The van der Waals surface area contributed by atoms with Crippen molar-refractivity contribution in [3.63, 3.8) is 0 Å². The van der Waals surface area contributed by atoms with Gasteiger partial charge in [-0.3, -0.25) is 0 Å². The molecular weight excluding hydrogens is 240 g/mol. The molecule has 6 heteroatoms. The number of benzene rings is 1. The van der Waals surface area contributed by atoms with Crippen LogP contribution in [0.5, 0.6) is 0 Å². The van der Waals surface area contributed by atoms with E-state index in [9.17, 15) is 8.78 Å². The Balaban J connectivity index is 2.56. The average molecular weight is 253 g/mol. The zero-order valence-corrected chi connectivity index (χ0v) is 9.90. The lowest BCUT2D eigenvalue weighted by Crippen LogP contribution is -2.06. The first kappa shape index (κ1) is 12.6. The Morgan fingerprint density at radius 1 is 1.28 bits per heavy atom. The third-order valence-electron chi connectivity index (χ3n) is 2.59. The molecule has 0 bridgehead atoms. The van der Waals surface area contributed by atoms with E-state index in [2.05, 4.69) is 10.2 Å². The van der Waals surface area contributed by atoms with Crippen LogP contribution in [0.2, 0.25) is 0 Å². The van der Waals surface area contributed by atoms with Gasteiger partial charge in [-0.15, -0.1) is 10.2 Å². The first-order valence-electron chi connectivity index (χ1n) is 5.65. The van der Waals surface area contributed by atoms with Gasteiger partial charge >= 0.3 is 0 Å². The van der Waals surface area contributed by atoms with Gasteiger partial charge < -0.3 is 9.67 Å². The van der Waals surface area contributed by atoms with Gasteiger partial charge in [-0.2, -0.15) is 0 Å². The Morgan fingerprint density at radius 3 is 2.72 bits per heavy atom. The molecule has 0 amide bonds. The molecule has 1 N–H and O–H groups in total. The maximum atomic E-state index is 13.7. The van der Waals surface area contributed by atoms with E-state index in [0.29, 0.717) is 12.4 Å². The van der Waals surface area contributed by atoms with Gasteiger partial charge in [-0.1, -0.05) is 6.92 Å². The quantitative estimate of drug-likeness (QED) is 0.908. The largest absolute Gasteiger partial charge is 0.388 e. The van der Waals surface area contributed by atoms with E-state index in [4.69, 9.17) is 5.11 Å². The lowest BCUT2D eigenvalue weighted by Gasteiger charge is -2.08. The summed E-state index contributed by atoms with van der Waals surface area (Å²) >= 11 is 0. The van der Waals surface area contributed by atoms with E-state index in [0.717, 1.165) is 24.6 Å². The Morgan fingerprint density at radius 2 is 2.06 bits per heavy atom. The van der Waals surface area contributed by atoms with Crippen molar-refractivity contribution in [1.29, 1.82) is 0 Å². The molecule has 0 saturated heterocycles. The van der Waals surface area contributed by atoms with Gasteiger partial charge in [0, 0.05) is 6.54 Å².